The van der Waals surface area contributed by atoms with Crippen LogP contribution in [-0.2, 0) is 11.3 Å². The predicted molar refractivity (Wildman–Crippen MR) is 92.4 cm³/mol. The highest BCUT2D eigenvalue weighted by Crippen LogP contribution is 2.43. The third-order valence-electron chi connectivity index (χ3n) is 4.51. The summed E-state index contributed by atoms with van der Waals surface area (Å²) in [6.45, 7) is 2.44. The Hall–Kier alpha value is -1.26. The predicted octanol–water partition coefficient (Wildman–Crippen LogP) is 3.21. The van der Waals surface area contributed by atoms with Gasteiger partial charge in [0.05, 0.1) is 0 Å². The number of benzene rings is 1. The number of ether oxygens (including phenoxy) is 1. The fraction of sp³-hybridized carbons (Fsp3) is 0.588. The van der Waals surface area contributed by atoms with Crippen molar-refractivity contribution in [2.45, 2.75) is 32.2 Å². The molecule has 1 aliphatic carbocycles. The van der Waals surface area contributed by atoms with Crippen LogP contribution in [0.1, 0.15) is 31.2 Å². The lowest BCUT2D eigenvalue weighted by molar-refractivity contribution is 0.0732. The van der Waals surface area contributed by atoms with Crippen LogP contribution in [0.15, 0.2) is 29.3 Å². The Balaban J connectivity index is 1.81. The van der Waals surface area contributed by atoms with Crippen molar-refractivity contribution in [3.8, 4) is 0 Å². The summed E-state index contributed by atoms with van der Waals surface area (Å²) in [6, 6.07) is 7.86. The first-order chi connectivity index (χ1) is 10.7. The Labute approximate surface area is 138 Å². The quantitative estimate of drug-likeness (QED) is 0.598. The Bertz CT molecular complexity index is 500. The lowest BCUT2D eigenvalue weighted by Gasteiger charge is -2.42. The highest BCUT2D eigenvalue weighted by molar-refractivity contribution is 6.31. The number of methoxy groups -OCH3 is 1. The fourth-order valence-electron chi connectivity index (χ4n) is 2.82. The average Bonchev–Trinajstić information content (AvgIpc) is 2.50. The Morgan fingerprint density at radius 1 is 1.32 bits per heavy atom. The monoisotopic (exact) mass is 323 g/mol. The number of halogens is 1. The van der Waals surface area contributed by atoms with Crippen LogP contribution in [0.4, 0.5) is 0 Å². The molecule has 2 N–H and O–H groups in total. The van der Waals surface area contributed by atoms with Gasteiger partial charge in [0.25, 0.3) is 0 Å². The van der Waals surface area contributed by atoms with Crippen LogP contribution in [0.2, 0.25) is 5.02 Å². The van der Waals surface area contributed by atoms with Crippen molar-refractivity contribution in [1.29, 1.82) is 0 Å². The maximum atomic E-state index is 6.18. The van der Waals surface area contributed by atoms with E-state index in [-0.39, 0.29) is 0 Å². The van der Waals surface area contributed by atoms with Gasteiger partial charge in [-0.3, -0.25) is 4.99 Å². The van der Waals surface area contributed by atoms with Gasteiger partial charge in [-0.1, -0.05) is 36.2 Å². The molecule has 0 aliphatic heterocycles. The molecule has 0 spiro atoms. The third kappa shape index (κ3) is 4.62. The van der Waals surface area contributed by atoms with Crippen molar-refractivity contribution >= 4 is 17.6 Å². The van der Waals surface area contributed by atoms with E-state index in [9.17, 15) is 0 Å². The minimum Gasteiger partial charge on any atom is -0.385 e. The zero-order chi connectivity index (χ0) is 15.8. The number of hydrogen-bond donors (Lipinski definition) is 2. The van der Waals surface area contributed by atoms with Gasteiger partial charge in [-0.2, -0.15) is 0 Å². The van der Waals surface area contributed by atoms with Crippen LogP contribution < -0.4 is 10.6 Å². The van der Waals surface area contributed by atoms with Crippen molar-refractivity contribution < 1.29 is 4.74 Å². The molecule has 22 heavy (non-hydrogen) atoms. The molecule has 0 amide bonds. The van der Waals surface area contributed by atoms with Crippen LogP contribution in [-0.4, -0.2) is 33.3 Å². The maximum Gasteiger partial charge on any atom is 0.191 e. The summed E-state index contributed by atoms with van der Waals surface area (Å²) in [5.74, 6) is 0.823. The van der Waals surface area contributed by atoms with Crippen molar-refractivity contribution in [2.24, 2.45) is 10.4 Å². The van der Waals surface area contributed by atoms with E-state index in [0.29, 0.717) is 12.0 Å². The lowest BCUT2D eigenvalue weighted by atomic mass is 9.67. The summed E-state index contributed by atoms with van der Waals surface area (Å²) < 4.78 is 5.24. The molecule has 0 saturated heterocycles. The van der Waals surface area contributed by atoms with E-state index in [4.69, 9.17) is 16.3 Å². The van der Waals surface area contributed by atoms with Gasteiger partial charge in [0.15, 0.2) is 5.96 Å². The molecule has 4 nitrogen and oxygen atoms in total. The smallest absolute Gasteiger partial charge is 0.191 e. The van der Waals surface area contributed by atoms with Gasteiger partial charge in [-0.25, -0.2) is 0 Å². The van der Waals surface area contributed by atoms with E-state index < -0.39 is 0 Å². The molecule has 0 radical (unpaired) electrons. The highest BCUT2D eigenvalue weighted by atomic mass is 35.5. The van der Waals surface area contributed by atoms with Crippen LogP contribution in [0.25, 0.3) is 0 Å². The maximum absolute atomic E-state index is 6.18. The Morgan fingerprint density at radius 2 is 2.09 bits per heavy atom. The molecular weight excluding hydrogens is 298 g/mol. The molecule has 0 unspecified atom stereocenters. The second-order valence-corrected chi connectivity index (χ2v) is 6.37. The molecule has 1 saturated carbocycles. The zero-order valence-electron chi connectivity index (χ0n) is 13.5. The van der Waals surface area contributed by atoms with Gasteiger partial charge in [0, 0.05) is 38.9 Å². The average molecular weight is 324 g/mol. The highest BCUT2D eigenvalue weighted by Gasteiger charge is 2.36. The molecule has 0 aromatic heterocycles. The van der Waals surface area contributed by atoms with Gasteiger partial charge in [0.2, 0.25) is 0 Å². The second-order valence-electron chi connectivity index (χ2n) is 5.97. The Morgan fingerprint density at radius 3 is 2.68 bits per heavy atom. The molecule has 1 aromatic rings. The molecule has 0 heterocycles. The molecule has 2 rings (SSSR count). The van der Waals surface area contributed by atoms with Gasteiger partial charge in [-0.15, -0.1) is 0 Å². The number of guanidine groups is 1. The van der Waals surface area contributed by atoms with Crippen LogP contribution in [0.5, 0.6) is 0 Å². The summed E-state index contributed by atoms with van der Waals surface area (Å²) in [5, 5.41) is 7.56. The molecular formula is C17H26ClN3O. The van der Waals surface area contributed by atoms with Crippen LogP contribution in [0, 0.1) is 5.41 Å². The Kier molecular flexibility index (Phi) is 6.52. The molecule has 1 aliphatic rings. The second kappa shape index (κ2) is 8.39. The van der Waals surface area contributed by atoms with E-state index in [1.807, 2.05) is 24.3 Å². The van der Waals surface area contributed by atoms with E-state index in [2.05, 4.69) is 15.6 Å². The SMILES string of the molecule is CN=C(NCc1ccccc1Cl)NCC1(CCOC)CCC1. The zero-order valence-corrected chi connectivity index (χ0v) is 14.2. The standard InChI is InChI=1S/C17H26ClN3O/c1-19-16(20-12-14-6-3-4-7-15(14)18)21-13-17(8-5-9-17)10-11-22-2/h3-4,6-7H,5,8-13H2,1-2H3,(H2,19,20,21). The number of aliphatic imine (C=N–C) groups is 1. The first-order valence-electron chi connectivity index (χ1n) is 7.86. The summed E-state index contributed by atoms with van der Waals surface area (Å²) in [4.78, 5) is 4.29. The van der Waals surface area contributed by atoms with Crippen molar-refractivity contribution in [1.82, 2.24) is 10.6 Å². The van der Waals surface area contributed by atoms with E-state index in [1.165, 1.54) is 19.3 Å². The summed E-state index contributed by atoms with van der Waals surface area (Å²) in [5.41, 5.74) is 1.45. The van der Waals surface area contributed by atoms with Crippen molar-refractivity contribution in [3.05, 3.63) is 34.9 Å². The molecule has 1 aromatic carbocycles. The first kappa shape index (κ1) is 17.1. The summed E-state index contributed by atoms with van der Waals surface area (Å²) in [6.07, 6.45) is 4.96. The topological polar surface area (TPSA) is 45.7 Å². The fourth-order valence-corrected chi connectivity index (χ4v) is 3.03. The largest absolute Gasteiger partial charge is 0.385 e. The van der Waals surface area contributed by atoms with Gasteiger partial charge < -0.3 is 15.4 Å². The van der Waals surface area contributed by atoms with Crippen molar-refractivity contribution in [2.75, 3.05) is 27.3 Å². The summed E-state index contributed by atoms with van der Waals surface area (Å²) >= 11 is 6.18. The number of nitrogens with zero attached hydrogens (tertiary/aromatic N) is 1. The lowest BCUT2D eigenvalue weighted by Crippen LogP contribution is -2.46. The molecule has 122 valence electrons. The van der Waals surface area contributed by atoms with Crippen LogP contribution in [0.3, 0.4) is 0 Å². The van der Waals surface area contributed by atoms with E-state index in [1.54, 1.807) is 14.2 Å². The van der Waals surface area contributed by atoms with E-state index in [0.717, 1.165) is 36.1 Å². The summed E-state index contributed by atoms with van der Waals surface area (Å²) in [7, 11) is 3.56. The minimum absolute atomic E-state index is 0.373. The molecule has 0 bridgehead atoms. The van der Waals surface area contributed by atoms with Gasteiger partial charge in [0.1, 0.15) is 0 Å². The van der Waals surface area contributed by atoms with Gasteiger partial charge >= 0.3 is 0 Å². The molecule has 0 atom stereocenters. The minimum atomic E-state index is 0.373. The van der Waals surface area contributed by atoms with Crippen LogP contribution >= 0.6 is 11.6 Å². The molecule has 5 heteroatoms. The van der Waals surface area contributed by atoms with E-state index >= 15 is 0 Å². The molecule has 1 fully saturated rings. The van der Waals surface area contributed by atoms with Gasteiger partial charge in [-0.05, 0) is 36.3 Å². The number of hydrogen-bond acceptors (Lipinski definition) is 2. The first-order valence-corrected chi connectivity index (χ1v) is 8.24. The third-order valence-corrected chi connectivity index (χ3v) is 4.88. The number of nitrogens with one attached hydrogen (secondary N) is 2. The number of rotatable bonds is 7. The normalized spacial score (nSPS) is 17.0. The van der Waals surface area contributed by atoms with Crippen molar-refractivity contribution in [3.63, 3.8) is 0 Å².